The molecule has 0 aliphatic heterocycles. The molecule has 0 saturated heterocycles. The summed E-state index contributed by atoms with van der Waals surface area (Å²) in [5.74, 6) is 0.799. The van der Waals surface area contributed by atoms with E-state index in [2.05, 4.69) is 61.5 Å². The van der Waals surface area contributed by atoms with E-state index in [0.717, 1.165) is 22.8 Å². The number of benzene rings is 1. The van der Waals surface area contributed by atoms with Crippen molar-refractivity contribution in [1.29, 1.82) is 0 Å². The molecular weight excluding hydrogens is 332 g/mol. The zero-order valence-corrected chi connectivity index (χ0v) is 16.6. The molecule has 0 N–H and O–H groups in total. The molecule has 0 amide bonds. The van der Waals surface area contributed by atoms with Crippen LogP contribution in [0, 0.1) is 0 Å². The average Bonchev–Trinajstić information content (AvgIpc) is 2.62. The number of nitrogens with zero attached hydrogens (tertiary/aromatic N) is 4. The maximum atomic E-state index is 4.60. The SMILES string of the molecule is C.CC(C)(C)c1ccnc(-c2ccccc2)n1.CC(C)(C)c1ccncn1. The molecule has 1 aromatic carbocycles. The lowest BCUT2D eigenvalue weighted by molar-refractivity contribution is 0.567. The highest BCUT2D eigenvalue weighted by atomic mass is 14.9. The fraction of sp³-hybridized carbons (Fsp3) is 0.391. The van der Waals surface area contributed by atoms with Gasteiger partial charge in [-0.25, -0.2) is 19.9 Å². The van der Waals surface area contributed by atoms with Crippen molar-refractivity contribution in [2.24, 2.45) is 0 Å². The van der Waals surface area contributed by atoms with Gasteiger partial charge in [0.2, 0.25) is 0 Å². The molecule has 0 fully saturated rings. The Hall–Kier alpha value is -2.62. The molecule has 27 heavy (non-hydrogen) atoms. The van der Waals surface area contributed by atoms with Crippen molar-refractivity contribution in [2.75, 3.05) is 0 Å². The molecule has 0 atom stereocenters. The Labute approximate surface area is 164 Å². The molecule has 4 nitrogen and oxygen atoms in total. The second-order valence-corrected chi connectivity index (χ2v) is 8.23. The first-order valence-corrected chi connectivity index (χ1v) is 8.83. The van der Waals surface area contributed by atoms with Crippen LogP contribution in [0.15, 0.2) is 61.2 Å². The zero-order valence-electron chi connectivity index (χ0n) is 16.6. The van der Waals surface area contributed by atoms with E-state index in [-0.39, 0.29) is 18.3 Å². The van der Waals surface area contributed by atoms with Crippen molar-refractivity contribution in [3.8, 4) is 11.4 Å². The van der Waals surface area contributed by atoms with Gasteiger partial charge in [0, 0.05) is 40.2 Å². The quantitative estimate of drug-likeness (QED) is 0.543. The van der Waals surface area contributed by atoms with E-state index in [1.54, 1.807) is 12.5 Å². The maximum Gasteiger partial charge on any atom is 0.159 e. The van der Waals surface area contributed by atoms with E-state index in [1.807, 2.05) is 48.7 Å². The van der Waals surface area contributed by atoms with Crippen LogP contribution in [0.2, 0.25) is 0 Å². The van der Waals surface area contributed by atoms with Crippen LogP contribution in [0.4, 0.5) is 0 Å². The highest BCUT2D eigenvalue weighted by molar-refractivity contribution is 5.54. The van der Waals surface area contributed by atoms with Gasteiger partial charge in [-0.05, 0) is 12.1 Å². The first-order chi connectivity index (χ1) is 12.2. The minimum atomic E-state index is 0. The highest BCUT2D eigenvalue weighted by Gasteiger charge is 2.16. The van der Waals surface area contributed by atoms with Crippen LogP contribution < -0.4 is 0 Å². The first kappa shape index (κ1) is 22.4. The third-order valence-corrected chi connectivity index (χ3v) is 3.81. The Morgan fingerprint density at radius 2 is 1.26 bits per heavy atom. The molecule has 2 heterocycles. The lowest BCUT2D eigenvalue weighted by Gasteiger charge is -2.17. The molecule has 3 rings (SSSR count). The normalized spacial score (nSPS) is 11.0. The topological polar surface area (TPSA) is 51.6 Å². The molecule has 2 aromatic heterocycles. The molecule has 4 heteroatoms. The smallest absolute Gasteiger partial charge is 0.159 e. The minimum Gasteiger partial charge on any atom is -0.245 e. The van der Waals surface area contributed by atoms with Gasteiger partial charge in [0.15, 0.2) is 5.82 Å². The first-order valence-electron chi connectivity index (χ1n) is 8.83. The summed E-state index contributed by atoms with van der Waals surface area (Å²) < 4.78 is 0. The van der Waals surface area contributed by atoms with E-state index in [0.29, 0.717) is 0 Å². The second kappa shape index (κ2) is 9.36. The van der Waals surface area contributed by atoms with E-state index < -0.39 is 0 Å². The van der Waals surface area contributed by atoms with E-state index in [9.17, 15) is 0 Å². The molecule has 0 saturated carbocycles. The summed E-state index contributed by atoms with van der Waals surface area (Å²) in [6.45, 7) is 12.9. The van der Waals surface area contributed by atoms with E-state index in [1.165, 1.54) is 0 Å². The van der Waals surface area contributed by atoms with Crippen molar-refractivity contribution in [1.82, 2.24) is 19.9 Å². The molecule has 0 bridgehead atoms. The van der Waals surface area contributed by atoms with Gasteiger partial charge >= 0.3 is 0 Å². The Morgan fingerprint density at radius 1 is 0.667 bits per heavy atom. The zero-order chi connectivity index (χ0) is 19.2. The molecule has 0 aliphatic carbocycles. The average molecular weight is 365 g/mol. The van der Waals surface area contributed by atoms with Crippen LogP contribution in [0.3, 0.4) is 0 Å². The van der Waals surface area contributed by atoms with Gasteiger partial charge in [-0.15, -0.1) is 0 Å². The van der Waals surface area contributed by atoms with Gasteiger partial charge in [0.05, 0.1) is 0 Å². The van der Waals surface area contributed by atoms with Gasteiger partial charge in [0.1, 0.15) is 6.33 Å². The van der Waals surface area contributed by atoms with Crippen LogP contribution in [0.25, 0.3) is 11.4 Å². The van der Waals surface area contributed by atoms with Crippen LogP contribution in [-0.4, -0.2) is 19.9 Å². The molecule has 0 spiro atoms. The Bertz CT molecular complexity index is 801. The summed E-state index contributed by atoms with van der Waals surface area (Å²) in [6, 6.07) is 14.0. The summed E-state index contributed by atoms with van der Waals surface area (Å²) >= 11 is 0. The number of aromatic nitrogens is 4. The highest BCUT2D eigenvalue weighted by Crippen LogP contribution is 2.22. The summed E-state index contributed by atoms with van der Waals surface area (Å²) in [7, 11) is 0. The van der Waals surface area contributed by atoms with Crippen molar-refractivity contribution in [3.63, 3.8) is 0 Å². The summed E-state index contributed by atoms with van der Waals surface area (Å²) in [6.07, 6.45) is 5.18. The van der Waals surface area contributed by atoms with Crippen molar-refractivity contribution < 1.29 is 0 Å². The van der Waals surface area contributed by atoms with Gasteiger partial charge in [0.25, 0.3) is 0 Å². The van der Waals surface area contributed by atoms with Crippen LogP contribution in [0.1, 0.15) is 60.4 Å². The monoisotopic (exact) mass is 364 g/mol. The minimum absolute atomic E-state index is 0. The van der Waals surface area contributed by atoms with Crippen LogP contribution in [-0.2, 0) is 10.8 Å². The van der Waals surface area contributed by atoms with Gasteiger partial charge in [-0.2, -0.15) is 0 Å². The standard InChI is InChI=1S/C14H16N2.C8H12N2.CH4/c1-14(2,3)12-9-10-15-13(16-12)11-7-5-4-6-8-11;1-8(2,3)7-4-5-9-6-10-7;/h4-10H,1-3H3;4-6H,1-3H3;1H4. The number of rotatable bonds is 1. The van der Waals surface area contributed by atoms with Crippen molar-refractivity contribution >= 4 is 0 Å². The Morgan fingerprint density at radius 3 is 1.74 bits per heavy atom. The van der Waals surface area contributed by atoms with E-state index >= 15 is 0 Å². The summed E-state index contributed by atoms with van der Waals surface area (Å²) in [5.41, 5.74) is 3.42. The molecule has 144 valence electrons. The predicted molar refractivity (Wildman–Crippen MR) is 114 cm³/mol. The van der Waals surface area contributed by atoms with Gasteiger partial charge in [-0.3, -0.25) is 0 Å². The molecule has 3 aromatic rings. The lowest BCUT2D eigenvalue weighted by Crippen LogP contribution is -2.14. The fourth-order valence-corrected chi connectivity index (χ4v) is 2.24. The van der Waals surface area contributed by atoms with Gasteiger partial charge < -0.3 is 0 Å². The third kappa shape index (κ3) is 6.89. The predicted octanol–water partition coefficient (Wildman–Crippen LogP) is 5.85. The second-order valence-electron chi connectivity index (χ2n) is 8.23. The van der Waals surface area contributed by atoms with Crippen LogP contribution in [0.5, 0.6) is 0 Å². The molecule has 0 unspecified atom stereocenters. The maximum absolute atomic E-state index is 4.60. The fourth-order valence-electron chi connectivity index (χ4n) is 2.24. The number of hydrogen-bond acceptors (Lipinski definition) is 4. The largest absolute Gasteiger partial charge is 0.245 e. The van der Waals surface area contributed by atoms with Gasteiger partial charge in [-0.1, -0.05) is 79.3 Å². The van der Waals surface area contributed by atoms with E-state index in [4.69, 9.17) is 0 Å². The summed E-state index contributed by atoms with van der Waals surface area (Å²) in [5, 5.41) is 0. The Balaban J connectivity index is 0.000000288. The Kier molecular flexibility index (Phi) is 7.77. The molecule has 0 radical (unpaired) electrons. The summed E-state index contributed by atoms with van der Waals surface area (Å²) in [4.78, 5) is 16.9. The van der Waals surface area contributed by atoms with Crippen LogP contribution >= 0.6 is 0 Å². The van der Waals surface area contributed by atoms with Crippen molar-refractivity contribution in [2.45, 2.75) is 59.8 Å². The molecular formula is C23H32N4. The van der Waals surface area contributed by atoms with Crippen molar-refractivity contribution in [3.05, 3.63) is 72.6 Å². The number of hydrogen-bond donors (Lipinski definition) is 0. The third-order valence-electron chi connectivity index (χ3n) is 3.81. The lowest BCUT2D eigenvalue weighted by atomic mass is 9.92. The molecule has 0 aliphatic rings.